The fourth-order valence-corrected chi connectivity index (χ4v) is 2.66. The van der Waals surface area contributed by atoms with Crippen molar-refractivity contribution in [2.24, 2.45) is 0 Å². The molecule has 1 amide bonds. The molecular weight excluding hydrogens is 334 g/mol. The first kappa shape index (κ1) is 16.1. The van der Waals surface area contributed by atoms with Crippen LogP contribution in [0.4, 0.5) is 5.69 Å². The molecule has 2 aromatic carbocycles. The van der Waals surface area contributed by atoms with Crippen LogP contribution in [0, 0.1) is 6.92 Å². The molecule has 0 saturated heterocycles. The maximum absolute atomic E-state index is 12.2. The second-order valence-electron chi connectivity index (χ2n) is 5.80. The number of para-hydroxylation sites is 2. The van der Waals surface area contributed by atoms with Gasteiger partial charge in [-0.1, -0.05) is 12.1 Å². The average molecular weight is 351 g/mol. The Balaban J connectivity index is 1.42. The highest BCUT2D eigenvalue weighted by atomic mass is 16.6. The van der Waals surface area contributed by atoms with Crippen LogP contribution in [0.25, 0.3) is 11.0 Å². The van der Waals surface area contributed by atoms with Crippen molar-refractivity contribution in [3.63, 3.8) is 0 Å². The summed E-state index contributed by atoms with van der Waals surface area (Å²) >= 11 is 0. The molecule has 1 N–H and O–H groups in total. The first-order valence-electron chi connectivity index (χ1n) is 8.25. The highest BCUT2D eigenvalue weighted by Gasteiger charge is 2.14. The summed E-state index contributed by atoms with van der Waals surface area (Å²) in [5, 5.41) is 2.77. The number of nitrogens with zero attached hydrogens (tertiary/aromatic N) is 2. The zero-order chi connectivity index (χ0) is 17.9. The molecule has 4 rings (SSSR count). The number of ether oxygens (including phenoxy) is 3. The highest BCUT2D eigenvalue weighted by Crippen LogP contribution is 2.32. The van der Waals surface area contributed by atoms with Gasteiger partial charge in [0.05, 0.1) is 11.0 Å². The molecule has 0 fully saturated rings. The van der Waals surface area contributed by atoms with Crippen LogP contribution in [0.5, 0.6) is 17.4 Å². The Bertz CT molecular complexity index is 974. The monoisotopic (exact) mass is 351 g/mol. The molecule has 132 valence electrons. The van der Waals surface area contributed by atoms with Gasteiger partial charge in [-0.2, -0.15) is 0 Å². The minimum Gasteiger partial charge on any atom is -0.486 e. The second-order valence-corrected chi connectivity index (χ2v) is 5.80. The summed E-state index contributed by atoms with van der Waals surface area (Å²) in [6.45, 7) is 2.65. The fourth-order valence-electron chi connectivity index (χ4n) is 2.66. The molecular formula is C19H17N3O4. The molecule has 0 bridgehead atoms. The van der Waals surface area contributed by atoms with E-state index in [1.807, 2.05) is 24.3 Å². The molecule has 1 aliphatic rings. The summed E-state index contributed by atoms with van der Waals surface area (Å²) in [5.74, 6) is 1.34. The Hall–Kier alpha value is -3.35. The summed E-state index contributed by atoms with van der Waals surface area (Å²) < 4.78 is 16.5. The number of carbonyl (C=O) groups excluding carboxylic acids is 1. The Morgan fingerprint density at radius 3 is 2.62 bits per heavy atom. The molecule has 3 aromatic rings. The van der Waals surface area contributed by atoms with Crippen molar-refractivity contribution < 1.29 is 19.0 Å². The maximum Gasteiger partial charge on any atom is 0.262 e. The van der Waals surface area contributed by atoms with Crippen LogP contribution in [0.3, 0.4) is 0 Å². The van der Waals surface area contributed by atoms with Crippen LogP contribution in [-0.4, -0.2) is 35.7 Å². The molecule has 2 heterocycles. The number of anilines is 1. The van der Waals surface area contributed by atoms with E-state index in [1.54, 1.807) is 25.1 Å². The number of rotatable bonds is 4. The standard InChI is InChI=1S/C19H17N3O4/c1-12-19(22-15-5-3-2-4-14(15)20-12)26-11-18(23)21-13-6-7-16-17(10-13)25-9-8-24-16/h2-7,10H,8-9,11H2,1H3,(H,21,23). The molecule has 7 nitrogen and oxygen atoms in total. The third-order valence-corrected chi connectivity index (χ3v) is 3.87. The zero-order valence-electron chi connectivity index (χ0n) is 14.2. The SMILES string of the molecule is Cc1nc2ccccc2nc1OCC(=O)Nc1ccc2c(c1)OCCO2. The third-order valence-electron chi connectivity index (χ3n) is 3.87. The van der Waals surface area contributed by atoms with E-state index < -0.39 is 0 Å². The number of nitrogens with one attached hydrogen (secondary N) is 1. The first-order valence-corrected chi connectivity index (χ1v) is 8.25. The predicted molar refractivity (Wildman–Crippen MR) is 95.8 cm³/mol. The summed E-state index contributed by atoms with van der Waals surface area (Å²) in [6.07, 6.45) is 0. The zero-order valence-corrected chi connectivity index (χ0v) is 14.2. The number of aryl methyl sites for hydroxylation is 1. The van der Waals surface area contributed by atoms with E-state index in [0.29, 0.717) is 42.0 Å². The van der Waals surface area contributed by atoms with Crippen LogP contribution in [0.2, 0.25) is 0 Å². The van der Waals surface area contributed by atoms with Crippen LogP contribution >= 0.6 is 0 Å². The number of fused-ring (bicyclic) bond motifs is 2. The van der Waals surface area contributed by atoms with Gasteiger partial charge in [0.2, 0.25) is 5.88 Å². The molecule has 1 aliphatic heterocycles. The number of carbonyl (C=O) groups is 1. The third kappa shape index (κ3) is 3.37. The maximum atomic E-state index is 12.2. The fraction of sp³-hybridized carbons (Fsp3) is 0.211. The molecule has 26 heavy (non-hydrogen) atoms. The lowest BCUT2D eigenvalue weighted by atomic mass is 10.2. The van der Waals surface area contributed by atoms with Crippen molar-refractivity contribution in [2.45, 2.75) is 6.92 Å². The lowest BCUT2D eigenvalue weighted by Crippen LogP contribution is -2.21. The van der Waals surface area contributed by atoms with Gasteiger partial charge in [-0.3, -0.25) is 4.79 Å². The van der Waals surface area contributed by atoms with Crippen molar-refractivity contribution in [3.8, 4) is 17.4 Å². The Morgan fingerprint density at radius 2 is 1.81 bits per heavy atom. The molecule has 0 atom stereocenters. The van der Waals surface area contributed by atoms with Gasteiger partial charge in [-0.05, 0) is 31.2 Å². The van der Waals surface area contributed by atoms with Gasteiger partial charge in [0.25, 0.3) is 5.91 Å². The van der Waals surface area contributed by atoms with E-state index in [4.69, 9.17) is 14.2 Å². The smallest absolute Gasteiger partial charge is 0.262 e. The molecule has 7 heteroatoms. The number of hydrogen-bond donors (Lipinski definition) is 1. The van der Waals surface area contributed by atoms with E-state index >= 15 is 0 Å². The van der Waals surface area contributed by atoms with Gasteiger partial charge < -0.3 is 19.5 Å². The Morgan fingerprint density at radius 1 is 1.08 bits per heavy atom. The minimum absolute atomic E-state index is 0.164. The van der Waals surface area contributed by atoms with Gasteiger partial charge in [-0.25, -0.2) is 9.97 Å². The van der Waals surface area contributed by atoms with Crippen LogP contribution in [-0.2, 0) is 4.79 Å². The van der Waals surface area contributed by atoms with Gasteiger partial charge in [0, 0.05) is 11.8 Å². The van der Waals surface area contributed by atoms with Gasteiger partial charge in [0.15, 0.2) is 18.1 Å². The normalized spacial score (nSPS) is 12.7. The minimum atomic E-state index is -0.295. The first-order chi connectivity index (χ1) is 12.7. The lowest BCUT2D eigenvalue weighted by molar-refractivity contribution is -0.118. The molecule has 0 unspecified atom stereocenters. The van der Waals surface area contributed by atoms with Crippen LogP contribution in [0.1, 0.15) is 5.69 Å². The second kappa shape index (κ2) is 6.87. The van der Waals surface area contributed by atoms with Crippen molar-refractivity contribution in [2.75, 3.05) is 25.1 Å². The average Bonchev–Trinajstić information content (AvgIpc) is 2.66. The summed E-state index contributed by atoms with van der Waals surface area (Å²) in [6, 6.07) is 12.8. The number of amides is 1. The van der Waals surface area contributed by atoms with E-state index in [0.717, 1.165) is 11.0 Å². The molecule has 0 saturated carbocycles. The summed E-state index contributed by atoms with van der Waals surface area (Å²) in [5.41, 5.74) is 2.76. The van der Waals surface area contributed by atoms with Crippen molar-refractivity contribution in [3.05, 3.63) is 48.2 Å². The van der Waals surface area contributed by atoms with Gasteiger partial charge in [0.1, 0.15) is 18.9 Å². The van der Waals surface area contributed by atoms with E-state index in [1.165, 1.54) is 0 Å². The number of benzene rings is 2. The van der Waals surface area contributed by atoms with Gasteiger partial charge in [-0.15, -0.1) is 0 Å². The summed E-state index contributed by atoms with van der Waals surface area (Å²) in [7, 11) is 0. The molecule has 0 radical (unpaired) electrons. The van der Waals surface area contributed by atoms with Crippen molar-refractivity contribution >= 4 is 22.6 Å². The summed E-state index contributed by atoms with van der Waals surface area (Å²) in [4.78, 5) is 21.0. The number of aromatic nitrogens is 2. The molecule has 0 spiro atoms. The van der Waals surface area contributed by atoms with E-state index in [2.05, 4.69) is 15.3 Å². The quantitative estimate of drug-likeness (QED) is 0.778. The topological polar surface area (TPSA) is 82.6 Å². The van der Waals surface area contributed by atoms with Crippen molar-refractivity contribution in [1.29, 1.82) is 0 Å². The Labute approximate surface area is 149 Å². The van der Waals surface area contributed by atoms with E-state index in [-0.39, 0.29) is 12.5 Å². The van der Waals surface area contributed by atoms with Crippen molar-refractivity contribution in [1.82, 2.24) is 9.97 Å². The highest BCUT2D eigenvalue weighted by molar-refractivity contribution is 5.92. The van der Waals surface area contributed by atoms with Crippen LogP contribution in [0.15, 0.2) is 42.5 Å². The van der Waals surface area contributed by atoms with Crippen LogP contribution < -0.4 is 19.5 Å². The molecule has 1 aromatic heterocycles. The Kier molecular flexibility index (Phi) is 4.27. The number of hydrogen-bond acceptors (Lipinski definition) is 6. The molecule has 0 aliphatic carbocycles. The largest absolute Gasteiger partial charge is 0.486 e. The van der Waals surface area contributed by atoms with E-state index in [9.17, 15) is 4.79 Å². The lowest BCUT2D eigenvalue weighted by Gasteiger charge is -2.19. The predicted octanol–water partition coefficient (Wildman–Crippen LogP) is 2.73. The van der Waals surface area contributed by atoms with Gasteiger partial charge >= 0.3 is 0 Å².